The first-order valence-corrected chi connectivity index (χ1v) is 10.4. The average molecular weight is 558 g/mol. The molecule has 1 spiro atoms. The summed E-state index contributed by atoms with van der Waals surface area (Å²) >= 11 is 0. The van der Waals surface area contributed by atoms with E-state index >= 15 is 0 Å². The van der Waals surface area contributed by atoms with E-state index < -0.39 is 5.60 Å². The fourth-order valence-electron chi connectivity index (χ4n) is 4.75. The minimum Gasteiger partial charge on any atom is -0.634 e. The first-order valence-electron chi connectivity index (χ1n) is 9.43. The van der Waals surface area contributed by atoms with Gasteiger partial charge in [-0.1, -0.05) is 19.8 Å². The van der Waals surface area contributed by atoms with E-state index in [1.54, 1.807) is 6.21 Å². The third-order valence-corrected chi connectivity index (χ3v) is 6.82. The van der Waals surface area contributed by atoms with Crippen molar-refractivity contribution in [3.8, 4) is 0 Å². The standard InChI is InChI=1S/C18H25N5O3Si.2Rb/c1-5-12-13(27-24)7-14(18(12)8-25-11(4)26-18)23-9-20-15-10(3)21-17(19-6-2)22-16(15)23;;/h6,9,11-14,24H,5,7-8H2,1-4H3;;/q-1;2*+1/b19-6+;;/t11?,12-,13+,14+,18+;;/m1../s1. The molecule has 0 amide bonds. The number of rotatable bonds is 4. The van der Waals surface area contributed by atoms with Crippen LogP contribution in [0, 0.1) is 12.8 Å². The van der Waals surface area contributed by atoms with Gasteiger partial charge in [0.15, 0.2) is 11.9 Å². The third-order valence-electron chi connectivity index (χ3n) is 5.85. The number of fused-ring (bicyclic) bond motifs is 1. The molecule has 29 heavy (non-hydrogen) atoms. The predicted octanol–water partition coefficient (Wildman–Crippen LogP) is -3.63. The molecule has 5 atom stereocenters. The summed E-state index contributed by atoms with van der Waals surface area (Å²) < 4.78 is 14.3. The Morgan fingerprint density at radius 1 is 1.41 bits per heavy atom. The zero-order valence-electron chi connectivity index (χ0n) is 18.1. The maximum Gasteiger partial charge on any atom is 1.00 e. The molecule has 2 fully saturated rings. The van der Waals surface area contributed by atoms with Gasteiger partial charge in [0.2, 0.25) is 0 Å². The zero-order valence-corrected chi connectivity index (χ0v) is 28.9. The summed E-state index contributed by atoms with van der Waals surface area (Å²) in [6.45, 7) is 8.36. The van der Waals surface area contributed by atoms with Gasteiger partial charge in [-0.05, 0) is 26.7 Å². The maximum absolute atomic E-state index is 10.0. The topological polar surface area (TPSA) is 94.7 Å². The van der Waals surface area contributed by atoms with Gasteiger partial charge < -0.3 is 18.8 Å². The molecule has 1 aliphatic carbocycles. The molecular weight excluding hydrogens is 533 g/mol. The molecule has 1 aliphatic heterocycles. The van der Waals surface area contributed by atoms with Crippen molar-refractivity contribution in [2.75, 3.05) is 6.61 Å². The van der Waals surface area contributed by atoms with Gasteiger partial charge in [-0.15, -0.1) is 0 Å². The minimum atomic E-state index is -0.477. The van der Waals surface area contributed by atoms with Crippen LogP contribution in [0.25, 0.3) is 11.2 Å². The average Bonchev–Trinajstić information content (AvgIpc) is 3.31. The van der Waals surface area contributed by atoms with Crippen LogP contribution < -0.4 is 116 Å². The number of hydrogen-bond acceptors (Lipinski definition) is 7. The van der Waals surface area contributed by atoms with E-state index in [4.69, 9.17) is 9.47 Å². The summed E-state index contributed by atoms with van der Waals surface area (Å²) in [5, 5.41) is 0. The number of imidazole rings is 1. The van der Waals surface area contributed by atoms with Crippen LogP contribution >= 0.6 is 0 Å². The Morgan fingerprint density at radius 3 is 2.76 bits per heavy atom. The van der Waals surface area contributed by atoms with Gasteiger partial charge in [0.25, 0.3) is 5.95 Å². The molecule has 2 aromatic heterocycles. The summed E-state index contributed by atoms with van der Waals surface area (Å²) in [5.41, 5.74) is 2.04. The Kier molecular flexibility index (Phi) is 10.7. The molecule has 1 unspecified atom stereocenters. The summed E-state index contributed by atoms with van der Waals surface area (Å²) in [6.07, 6.45) is 4.99. The van der Waals surface area contributed by atoms with Gasteiger partial charge in [0, 0.05) is 6.21 Å². The van der Waals surface area contributed by atoms with Crippen LogP contribution in [0.1, 0.15) is 45.3 Å². The van der Waals surface area contributed by atoms with E-state index in [-0.39, 0.29) is 150 Å². The Bertz CT molecular complexity index is 883. The number of ether oxygens (including phenoxy) is 2. The number of nitrogens with zero attached hydrogens (tertiary/aromatic N) is 5. The summed E-state index contributed by atoms with van der Waals surface area (Å²) in [4.78, 5) is 27.9. The van der Waals surface area contributed by atoms with Crippen molar-refractivity contribution in [1.29, 1.82) is 0 Å². The zero-order chi connectivity index (χ0) is 19.2. The van der Waals surface area contributed by atoms with Gasteiger partial charge in [0.05, 0.1) is 24.7 Å². The van der Waals surface area contributed by atoms with Crippen molar-refractivity contribution in [2.24, 2.45) is 10.9 Å². The number of hydrogen-bond donors (Lipinski definition) is 1. The van der Waals surface area contributed by atoms with E-state index in [0.717, 1.165) is 29.7 Å². The van der Waals surface area contributed by atoms with E-state index in [1.807, 2.05) is 27.1 Å². The third kappa shape index (κ3) is 4.91. The second kappa shape index (κ2) is 11.4. The number of aliphatic imine (C=N–C) groups is 1. The summed E-state index contributed by atoms with van der Waals surface area (Å²) in [5.74, 6) is 0.658. The van der Waals surface area contributed by atoms with Crippen molar-refractivity contribution < 1.29 is 131 Å². The molecule has 0 aromatic carbocycles. The molecule has 8 nitrogen and oxygen atoms in total. The van der Waals surface area contributed by atoms with Gasteiger partial charge in [-0.3, -0.25) is 9.76 Å². The van der Waals surface area contributed by atoms with Gasteiger partial charge in [-0.25, -0.2) is 15.0 Å². The minimum absolute atomic E-state index is 0. The molecule has 0 bridgehead atoms. The van der Waals surface area contributed by atoms with Gasteiger partial charge in [0.1, 0.15) is 11.1 Å². The van der Waals surface area contributed by atoms with Crippen LogP contribution in [0.5, 0.6) is 0 Å². The largest absolute Gasteiger partial charge is 1.00 e. The summed E-state index contributed by atoms with van der Waals surface area (Å²) in [6, 6.07) is -0.00481. The van der Waals surface area contributed by atoms with Crippen molar-refractivity contribution in [3.05, 3.63) is 12.0 Å². The fourth-order valence-corrected chi connectivity index (χ4v) is 5.78. The first-order chi connectivity index (χ1) is 13.0. The number of aromatic nitrogens is 4. The smallest absolute Gasteiger partial charge is 0.634 e. The Morgan fingerprint density at radius 2 is 2.17 bits per heavy atom. The molecule has 1 radical (unpaired) electrons. The SMILES string of the molecule is C/C=N/c1nc(C)c2ncn([C@H]3C[C@H]([Si-]O)[C@@H](CC)[C@@]34COC(C)O4)c2n1.[Rb+].[Rb+]. The Balaban J connectivity index is 0.00000150. The molecule has 11 heteroatoms. The molecule has 3 heterocycles. The van der Waals surface area contributed by atoms with Crippen LogP contribution in [0.4, 0.5) is 5.95 Å². The Labute approximate surface area is 271 Å². The van der Waals surface area contributed by atoms with Crippen LogP contribution in [0.2, 0.25) is 5.54 Å². The van der Waals surface area contributed by atoms with Crippen molar-refractivity contribution >= 4 is 33.1 Å². The second-order valence-corrected chi connectivity index (χ2v) is 8.27. The monoisotopic (exact) mass is 557 g/mol. The molecule has 1 saturated carbocycles. The normalized spacial score (nSPS) is 31.5. The van der Waals surface area contributed by atoms with Crippen molar-refractivity contribution in [1.82, 2.24) is 19.5 Å². The first kappa shape index (κ1) is 27.2. The number of aryl methyl sites for hydroxylation is 1. The molecule has 4 rings (SSSR count). The van der Waals surface area contributed by atoms with E-state index in [1.165, 1.54) is 0 Å². The molecule has 1 N–H and O–H groups in total. The van der Waals surface area contributed by atoms with Crippen LogP contribution in [0.15, 0.2) is 11.3 Å². The molecule has 1 saturated heterocycles. The van der Waals surface area contributed by atoms with Crippen LogP contribution in [-0.4, -0.2) is 58.8 Å². The van der Waals surface area contributed by atoms with E-state index in [2.05, 4.69) is 31.4 Å². The molecule has 145 valence electrons. The molecular formula is C18H25N5O3Rb2Si+. The fraction of sp³-hybridized carbons (Fsp3) is 0.667. The van der Waals surface area contributed by atoms with E-state index in [9.17, 15) is 4.80 Å². The predicted molar refractivity (Wildman–Crippen MR) is 102 cm³/mol. The maximum atomic E-state index is 10.0. The molecule has 2 aliphatic rings. The van der Waals surface area contributed by atoms with Crippen LogP contribution in [-0.2, 0) is 9.47 Å². The van der Waals surface area contributed by atoms with E-state index in [0.29, 0.717) is 12.6 Å². The van der Waals surface area contributed by atoms with Gasteiger partial charge in [-0.2, -0.15) is 10.5 Å². The summed E-state index contributed by atoms with van der Waals surface area (Å²) in [7, 11) is -0.122. The van der Waals surface area contributed by atoms with Crippen LogP contribution in [0.3, 0.4) is 0 Å². The Hall–Kier alpha value is 1.93. The molecule has 2 aromatic rings. The second-order valence-electron chi connectivity index (χ2n) is 7.27. The van der Waals surface area contributed by atoms with Gasteiger partial charge >= 0.3 is 116 Å². The quantitative estimate of drug-likeness (QED) is 0.308. The van der Waals surface area contributed by atoms with Crippen molar-refractivity contribution in [2.45, 2.75) is 64.0 Å². The van der Waals surface area contributed by atoms with Crippen molar-refractivity contribution in [3.63, 3.8) is 0 Å².